The molecule has 5 rings (SSSR count). The van der Waals surface area contributed by atoms with Gasteiger partial charge in [-0.15, -0.1) is 0 Å². The van der Waals surface area contributed by atoms with Gasteiger partial charge in [-0.1, -0.05) is 86.5 Å². The highest BCUT2D eigenvalue weighted by molar-refractivity contribution is 6.03. The molecule has 0 saturated heterocycles. The summed E-state index contributed by atoms with van der Waals surface area (Å²) in [5, 5.41) is 15.9. The van der Waals surface area contributed by atoms with Crippen molar-refractivity contribution in [2.45, 2.75) is 84.2 Å². The van der Waals surface area contributed by atoms with Gasteiger partial charge >= 0.3 is 0 Å². The van der Waals surface area contributed by atoms with Gasteiger partial charge in [0, 0.05) is 46.9 Å². The van der Waals surface area contributed by atoms with Crippen LogP contribution in [0.1, 0.15) is 85.6 Å². The van der Waals surface area contributed by atoms with Gasteiger partial charge in [0.25, 0.3) is 0 Å². The maximum absolute atomic E-state index is 6.36. The molecule has 1 fully saturated rings. The van der Waals surface area contributed by atoms with E-state index in [2.05, 4.69) is 107 Å². The lowest BCUT2D eigenvalue weighted by molar-refractivity contribution is 0.392. The summed E-state index contributed by atoms with van der Waals surface area (Å²) in [6.45, 7) is 13.4. The highest BCUT2D eigenvalue weighted by Gasteiger charge is 2.15. The number of nitrogens with two attached hydrogens (primary N) is 1. The smallest absolute Gasteiger partial charge is 0.135 e. The summed E-state index contributed by atoms with van der Waals surface area (Å²) in [5.41, 5.74) is 17.0. The van der Waals surface area contributed by atoms with Gasteiger partial charge in [-0.25, -0.2) is 4.98 Å². The van der Waals surface area contributed by atoms with E-state index in [0.717, 1.165) is 64.7 Å². The quantitative estimate of drug-likeness (QED) is 0.120. The molecule has 1 saturated carbocycles. The first-order chi connectivity index (χ1) is 20.9. The summed E-state index contributed by atoms with van der Waals surface area (Å²) in [7, 11) is 0. The summed E-state index contributed by atoms with van der Waals surface area (Å²) in [6, 6.07) is 15.5. The molecule has 1 aliphatic rings. The van der Waals surface area contributed by atoms with Crippen LogP contribution in [0, 0.1) is 13.8 Å². The Balaban J connectivity index is 1.16. The molecule has 6 nitrogen and oxygen atoms in total. The molecule has 0 radical (unpaired) electrons. The zero-order chi connectivity index (χ0) is 30.2. The molecule has 0 unspecified atom stereocenters. The minimum absolute atomic E-state index is 0.482. The molecule has 0 amide bonds. The monoisotopic (exact) mass is 574 g/mol. The average molecular weight is 575 g/mol. The Morgan fingerprint density at radius 3 is 2.63 bits per heavy atom. The molecule has 0 spiro atoms. The Bertz CT molecular complexity index is 1590. The van der Waals surface area contributed by atoms with E-state index >= 15 is 0 Å². The van der Waals surface area contributed by atoms with E-state index in [1.54, 1.807) is 0 Å². The normalized spacial score (nSPS) is 13.9. The van der Waals surface area contributed by atoms with E-state index in [1.165, 1.54) is 54.5 Å². The molecule has 0 bridgehead atoms. The lowest BCUT2D eigenvalue weighted by Crippen LogP contribution is -2.29. The fraction of sp³-hybridized carbons (Fsp3) is 0.351. The van der Waals surface area contributed by atoms with Crippen LogP contribution >= 0.6 is 0 Å². The molecule has 6 heteroatoms. The number of fused-ring (bicyclic) bond motifs is 1. The zero-order valence-corrected chi connectivity index (χ0v) is 25.8. The van der Waals surface area contributed by atoms with E-state index in [4.69, 9.17) is 5.73 Å². The average Bonchev–Trinajstić information content (AvgIpc) is 3.47. The first-order valence-corrected chi connectivity index (χ1v) is 15.7. The van der Waals surface area contributed by atoms with Crippen molar-refractivity contribution in [3.8, 4) is 11.3 Å². The molecule has 2 aromatic heterocycles. The van der Waals surface area contributed by atoms with Crippen LogP contribution in [0.15, 0.2) is 73.6 Å². The Morgan fingerprint density at radius 2 is 1.84 bits per heavy atom. The van der Waals surface area contributed by atoms with Crippen LogP contribution in [0.3, 0.4) is 0 Å². The van der Waals surface area contributed by atoms with Gasteiger partial charge in [-0.2, -0.15) is 5.10 Å². The van der Waals surface area contributed by atoms with Crippen LogP contribution in [0.25, 0.3) is 33.9 Å². The third-order valence-electron chi connectivity index (χ3n) is 8.52. The molecule has 5 N–H and O–H groups in total. The molecule has 0 aliphatic heterocycles. The molecule has 4 aromatic rings. The van der Waals surface area contributed by atoms with Gasteiger partial charge < -0.3 is 16.4 Å². The minimum atomic E-state index is 0.482. The SMILES string of the molecule is C=C(CCCC/C=C/c1cnc(N)c2c(-c3ccc(CNC(=C)c4cc(C)ccc4C)cc3)[nH]nc12)NC1CCCCC1. The lowest BCUT2D eigenvalue weighted by atomic mass is 9.95. The number of aryl methyl sites for hydroxylation is 2. The Labute approximate surface area is 256 Å². The Hall–Kier alpha value is -4.32. The topological polar surface area (TPSA) is 91.6 Å². The number of H-pyrrole nitrogens is 1. The number of aromatic nitrogens is 3. The minimum Gasteiger partial charge on any atom is -0.386 e. The van der Waals surface area contributed by atoms with Crippen molar-refractivity contribution >= 4 is 28.5 Å². The van der Waals surface area contributed by atoms with Crippen LogP contribution in [0.2, 0.25) is 0 Å². The summed E-state index contributed by atoms with van der Waals surface area (Å²) >= 11 is 0. The van der Waals surface area contributed by atoms with Gasteiger partial charge in [-0.3, -0.25) is 5.10 Å². The van der Waals surface area contributed by atoms with Crippen LogP contribution in [-0.4, -0.2) is 21.2 Å². The zero-order valence-electron chi connectivity index (χ0n) is 25.8. The van der Waals surface area contributed by atoms with Crippen LogP contribution < -0.4 is 16.4 Å². The number of pyridine rings is 1. The van der Waals surface area contributed by atoms with Crippen LogP contribution in [0.5, 0.6) is 0 Å². The molecule has 43 heavy (non-hydrogen) atoms. The van der Waals surface area contributed by atoms with Crippen molar-refractivity contribution in [2.24, 2.45) is 0 Å². The summed E-state index contributed by atoms with van der Waals surface area (Å²) in [4.78, 5) is 4.49. The number of nitrogens with one attached hydrogen (secondary N) is 3. The lowest BCUT2D eigenvalue weighted by Gasteiger charge is -2.24. The Morgan fingerprint density at radius 1 is 1.05 bits per heavy atom. The van der Waals surface area contributed by atoms with Gasteiger partial charge in [0.15, 0.2) is 0 Å². The Kier molecular flexibility index (Phi) is 9.98. The molecular formula is C37H46N6. The summed E-state index contributed by atoms with van der Waals surface area (Å²) in [5.74, 6) is 0.482. The third-order valence-corrected chi connectivity index (χ3v) is 8.52. The number of rotatable bonds is 13. The first-order valence-electron chi connectivity index (χ1n) is 15.7. The van der Waals surface area contributed by atoms with Crippen molar-refractivity contribution in [1.82, 2.24) is 25.8 Å². The fourth-order valence-corrected chi connectivity index (χ4v) is 5.97. The van der Waals surface area contributed by atoms with Gasteiger partial charge in [0.2, 0.25) is 0 Å². The highest BCUT2D eigenvalue weighted by atomic mass is 15.1. The molecule has 2 heterocycles. The number of aromatic amines is 1. The first kappa shape index (κ1) is 30.1. The number of nitrogen functional groups attached to an aromatic ring is 1. The van der Waals surface area contributed by atoms with E-state index in [-0.39, 0.29) is 0 Å². The second-order valence-electron chi connectivity index (χ2n) is 12.0. The number of anilines is 1. The number of hydrogen-bond donors (Lipinski definition) is 4. The predicted octanol–water partition coefficient (Wildman–Crippen LogP) is 8.59. The van der Waals surface area contributed by atoms with Crippen molar-refractivity contribution in [3.05, 3.63) is 101 Å². The maximum atomic E-state index is 6.36. The fourth-order valence-electron chi connectivity index (χ4n) is 5.97. The number of unbranched alkanes of at least 4 members (excludes halogenated alkanes) is 2. The van der Waals surface area contributed by atoms with Crippen LogP contribution in [-0.2, 0) is 6.54 Å². The molecule has 2 aromatic carbocycles. The van der Waals surface area contributed by atoms with Crippen molar-refractivity contribution in [2.75, 3.05) is 5.73 Å². The van der Waals surface area contributed by atoms with E-state index < -0.39 is 0 Å². The molecule has 0 atom stereocenters. The van der Waals surface area contributed by atoms with Crippen molar-refractivity contribution in [1.29, 1.82) is 0 Å². The number of allylic oxidation sites excluding steroid dienone is 2. The molecular weight excluding hydrogens is 528 g/mol. The van der Waals surface area contributed by atoms with E-state index in [0.29, 0.717) is 18.4 Å². The standard InChI is InChI=1S/C37H46N6/c1-25-16-17-26(2)33(22-25)28(4)39-23-29-18-20-30(21-19-29)35-34-36(43-42-35)31(24-40-37(34)38)13-9-6-5-8-12-27(3)41-32-14-10-7-11-15-32/h9,13,16-22,24,32,39,41H,3-8,10-12,14-15,23H2,1-2H3,(H2,38,40)(H,42,43)/b13-9+. The summed E-state index contributed by atoms with van der Waals surface area (Å²) < 4.78 is 0. The van der Waals surface area contributed by atoms with Gasteiger partial charge in [0.1, 0.15) is 11.3 Å². The number of benzene rings is 2. The van der Waals surface area contributed by atoms with E-state index in [1.807, 2.05) is 6.20 Å². The number of nitrogens with zero attached hydrogens (tertiary/aromatic N) is 2. The summed E-state index contributed by atoms with van der Waals surface area (Å²) in [6.07, 6.45) is 17.1. The second-order valence-corrected chi connectivity index (χ2v) is 12.0. The van der Waals surface area contributed by atoms with E-state index in [9.17, 15) is 0 Å². The van der Waals surface area contributed by atoms with Crippen molar-refractivity contribution < 1.29 is 0 Å². The van der Waals surface area contributed by atoms with Gasteiger partial charge in [-0.05, 0) is 69.6 Å². The molecule has 1 aliphatic carbocycles. The maximum Gasteiger partial charge on any atom is 0.135 e. The number of hydrogen-bond acceptors (Lipinski definition) is 5. The van der Waals surface area contributed by atoms with Crippen molar-refractivity contribution in [3.63, 3.8) is 0 Å². The predicted molar refractivity (Wildman–Crippen MR) is 182 cm³/mol. The second kappa shape index (κ2) is 14.2. The molecule has 224 valence electrons. The third kappa shape index (κ3) is 7.75. The largest absolute Gasteiger partial charge is 0.386 e. The van der Waals surface area contributed by atoms with Crippen LogP contribution in [0.4, 0.5) is 5.82 Å². The highest BCUT2D eigenvalue weighted by Crippen LogP contribution is 2.32. The van der Waals surface area contributed by atoms with Gasteiger partial charge in [0.05, 0.1) is 11.1 Å².